The van der Waals surface area contributed by atoms with Gasteiger partial charge in [0.15, 0.2) is 0 Å². The molecule has 0 aromatic heterocycles. The van der Waals surface area contributed by atoms with E-state index in [1.807, 2.05) is 24.3 Å². The summed E-state index contributed by atoms with van der Waals surface area (Å²) in [6, 6.07) is 12.5. The van der Waals surface area contributed by atoms with Gasteiger partial charge < -0.3 is 15.4 Å². The fraction of sp³-hybridized carbons (Fsp3) is 0.391. The van der Waals surface area contributed by atoms with Crippen molar-refractivity contribution in [1.82, 2.24) is 10.0 Å². The van der Waals surface area contributed by atoms with E-state index in [4.69, 9.17) is 4.74 Å². The molecule has 0 radical (unpaired) electrons. The number of benzene rings is 2. The van der Waals surface area contributed by atoms with Gasteiger partial charge in [0.05, 0.1) is 17.5 Å². The van der Waals surface area contributed by atoms with Crippen molar-refractivity contribution in [3.63, 3.8) is 0 Å². The summed E-state index contributed by atoms with van der Waals surface area (Å²) in [4.78, 5) is 23.4. The number of hydrogen-bond acceptors (Lipinski definition) is 5. The van der Waals surface area contributed by atoms with Crippen molar-refractivity contribution in [2.24, 2.45) is 0 Å². The first-order valence-corrected chi connectivity index (χ1v) is 12.1. The van der Waals surface area contributed by atoms with Crippen LogP contribution >= 0.6 is 0 Å². The highest BCUT2D eigenvalue weighted by atomic mass is 32.2. The summed E-state index contributed by atoms with van der Waals surface area (Å²) in [6.45, 7) is 6.04. The zero-order chi connectivity index (χ0) is 23.6. The third-order valence-electron chi connectivity index (χ3n) is 4.61. The fourth-order valence-electron chi connectivity index (χ4n) is 2.84. The molecule has 0 bridgehead atoms. The van der Waals surface area contributed by atoms with Crippen LogP contribution in [0.15, 0.2) is 53.4 Å². The smallest absolute Gasteiger partial charge is 0.241 e. The van der Waals surface area contributed by atoms with Crippen molar-refractivity contribution in [3.8, 4) is 5.75 Å². The molecule has 0 aliphatic heterocycles. The van der Waals surface area contributed by atoms with E-state index >= 15 is 0 Å². The Morgan fingerprint density at radius 1 is 1.03 bits per heavy atom. The quantitative estimate of drug-likeness (QED) is 0.421. The minimum Gasteiger partial charge on any atom is -0.494 e. The minimum absolute atomic E-state index is 0.00694. The standard InChI is InChI=1S/C23H31N3O5S/c1-4-5-16-31-21-10-6-19(7-11-21)14-15-24-23(28)17(2)26-32(29,30)22-12-8-20(9-13-22)25-18(3)27/h6-13,17,26H,4-5,14-16H2,1-3H3,(H,24,28)(H,25,27)/t17-/m0/s1. The number of carbonyl (C=O) groups is 2. The summed E-state index contributed by atoms with van der Waals surface area (Å²) in [7, 11) is -3.88. The maximum Gasteiger partial charge on any atom is 0.241 e. The Morgan fingerprint density at radius 2 is 1.69 bits per heavy atom. The molecular weight excluding hydrogens is 430 g/mol. The van der Waals surface area contributed by atoms with Crippen molar-refractivity contribution >= 4 is 27.5 Å². The molecule has 2 aromatic carbocycles. The summed E-state index contributed by atoms with van der Waals surface area (Å²) in [5.41, 5.74) is 1.53. The fourth-order valence-corrected chi connectivity index (χ4v) is 4.05. The lowest BCUT2D eigenvalue weighted by Gasteiger charge is -2.15. The molecule has 32 heavy (non-hydrogen) atoms. The maximum absolute atomic E-state index is 12.5. The Kier molecular flexibility index (Phi) is 9.67. The highest BCUT2D eigenvalue weighted by Gasteiger charge is 2.21. The molecule has 0 fully saturated rings. The average Bonchev–Trinajstić information content (AvgIpc) is 2.74. The van der Waals surface area contributed by atoms with E-state index in [2.05, 4.69) is 22.3 Å². The Hall–Kier alpha value is -2.91. The minimum atomic E-state index is -3.88. The largest absolute Gasteiger partial charge is 0.494 e. The van der Waals surface area contributed by atoms with E-state index in [0.717, 1.165) is 24.2 Å². The topological polar surface area (TPSA) is 114 Å². The van der Waals surface area contributed by atoms with E-state index in [1.54, 1.807) is 0 Å². The number of hydrogen-bond donors (Lipinski definition) is 3. The van der Waals surface area contributed by atoms with Gasteiger partial charge >= 0.3 is 0 Å². The van der Waals surface area contributed by atoms with E-state index < -0.39 is 22.0 Å². The summed E-state index contributed by atoms with van der Waals surface area (Å²) in [5, 5.41) is 5.32. The van der Waals surface area contributed by atoms with Crippen LogP contribution in [0.4, 0.5) is 5.69 Å². The number of unbranched alkanes of at least 4 members (excludes halogenated alkanes) is 1. The monoisotopic (exact) mass is 461 g/mol. The van der Waals surface area contributed by atoms with Crippen LogP contribution < -0.4 is 20.1 Å². The summed E-state index contributed by atoms with van der Waals surface area (Å²) in [5.74, 6) is 0.155. The Labute approximate surface area is 189 Å². The van der Waals surface area contributed by atoms with Crippen LogP contribution in [-0.4, -0.2) is 39.4 Å². The molecule has 8 nitrogen and oxygen atoms in total. The number of sulfonamides is 1. The van der Waals surface area contributed by atoms with Gasteiger partial charge in [0.2, 0.25) is 21.8 Å². The molecule has 2 aromatic rings. The first-order chi connectivity index (χ1) is 15.2. The number of amides is 2. The predicted octanol–water partition coefficient (Wildman–Crippen LogP) is 2.85. The van der Waals surface area contributed by atoms with Crippen LogP contribution in [0, 0.1) is 0 Å². The number of carbonyl (C=O) groups excluding carboxylic acids is 2. The second-order valence-electron chi connectivity index (χ2n) is 7.44. The Morgan fingerprint density at radius 3 is 2.28 bits per heavy atom. The molecule has 0 unspecified atom stereocenters. The van der Waals surface area contributed by atoms with Crippen LogP contribution in [0.1, 0.15) is 39.2 Å². The van der Waals surface area contributed by atoms with Crippen molar-refractivity contribution in [2.75, 3.05) is 18.5 Å². The molecule has 0 saturated heterocycles. The highest BCUT2D eigenvalue weighted by Crippen LogP contribution is 2.15. The molecule has 0 heterocycles. The van der Waals surface area contributed by atoms with Gasteiger partial charge in [0.1, 0.15) is 5.75 Å². The number of nitrogens with one attached hydrogen (secondary N) is 3. The lowest BCUT2D eigenvalue weighted by Crippen LogP contribution is -2.45. The van der Waals surface area contributed by atoms with Crippen LogP contribution in [0.2, 0.25) is 0 Å². The van der Waals surface area contributed by atoms with Crippen LogP contribution in [-0.2, 0) is 26.0 Å². The van der Waals surface area contributed by atoms with Crippen LogP contribution in [0.25, 0.3) is 0 Å². The summed E-state index contributed by atoms with van der Waals surface area (Å²) in [6.07, 6.45) is 2.71. The van der Waals surface area contributed by atoms with Crippen molar-refractivity contribution in [3.05, 3.63) is 54.1 Å². The number of rotatable bonds is 12. The molecule has 9 heteroatoms. The second-order valence-corrected chi connectivity index (χ2v) is 9.15. The lowest BCUT2D eigenvalue weighted by molar-refractivity contribution is -0.122. The molecule has 0 aliphatic rings. The van der Waals surface area contributed by atoms with Gasteiger partial charge in [-0.1, -0.05) is 25.5 Å². The van der Waals surface area contributed by atoms with Gasteiger partial charge in [-0.25, -0.2) is 8.42 Å². The molecule has 0 aliphatic carbocycles. The first-order valence-electron chi connectivity index (χ1n) is 10.6. The molecule has 0 spiro atoms. The second kappa shape index (κ2) is 12.2. The van der Waals surface area contributed by atoms with Gasteiger partial charge in [-0.05, 0) is 61.7 Å². The molecular formula is C23H31N3O5S. The normalized spacial score (nSPS) is 12.1. The van der Waals surface area contributed by atoms with Crippen molar-refractivity contribution < 1.29 is 22.7 Å². The number of anilines is 1. The summed E-state index contributed by atoms with van der Waals surface area (Å²) < 4.78 is 33.0. The summed E-state index contributed by atoms with van der Waals surface area (Å²) >= 11 is 0. The highest BCUT2D eigenvalue weighted by molar-refractivity contribution is 7.89. The molecule has 1 atom stereocenters. The van der Waals surface area contributed by atoms with Crippen LogP contribution in [0.5, 0.6) is 5.75 Å². The van der Waals surface area contributed by atoms with E-state index in [9.17, 15) is 18.0 Å². The molecule has 2 rings (SSSR count). The molecule has 2 amide bonds. The zero-order valence-corrected chi connectivity index (χ0v) is 19.5. The molecule has 0 saturated carbocycles. The SMILES string of the molecule is CCCCOc1ccc(CCNC(=O)[C@H](C)NS(=O)(=O)c2ccc(NC(C)=O)cc2)cc1. The van der Waals surface area contributed by atoms with Crippen molar-refractivity contribution in [1.29, 1.82) is 0 Å². The van der Waals surface area contributed by atoms with E-state index in [0.29, 0.717) is 25.3 Å². The molecule has 3 N–H and O–H groups in total. The van der Waals surface area contributed by atoms with E-state index in [-0.39, 0.29) is 10.8 Å². The Bertz CT molecular complexity index is 989. The number of ether oxygens (including phenoxy) is 1. The molecule has 174 valence electrons. The van der Waals surface area contributed by atoms with Crippen LogP contribution in [0.3, 0.4) is 0 Å². The van der Waals surface area contributed by atoms with Crippen molar-refractivity contribution in [2.45, 2.75) is 51.0 Å². The maximum atomic E-state index is 12.5. The Balaban J connectivity index is 1.81. The first kappa shape index (κ1) is 25.4. The zero-order valence-electron chi connectivity index (χ0n) is 18.7. The average molecular weight is 462 g/mol. The van der Waals surface area contributed by atoms with E-state index in [1.165, 1.54) is 38.1 Å². The van der Waals surface area contributed by atoms with Gasteiger partial charge in [-0.3, -0.25) is 9.59 Å². The van der Waals surface area contributed by atoms with Gasteiger partial charge in [-0.2, -0.15) is 4.72 Å². The predicted molar refractivity (Wildman–Crippen MR) is 124 cm³/mol. The van der Waals surface area contributed by atoms with Gasteiger partial charge in [0, 0.05) is 19.2 Å². The third kappa shape index (κ3) is 8.32. The lowest BCUT2D eigenvalue weighted by atomic mass is 10.1. The van der Waals surface area contributed by atoms with Gasteiger partial charge in [-0.15, -0.1) is 0 Å². The third-order valence-corrected chi connectivity index (χ3v) is 6.17. The van der Waals surface area contributed by atoms with Gasteiger partial charge in [0.25, 0.3) is 0 Å².